The molecule has 3 heterocycles. The predicted molar refractivity (Wildman–Crippen MR) is 90.7 cm³/mol. The molecule has 1 aromatic rings. The summed E-state index contributed by atoms with van der Waals surface area (Å²) in [6, 6.07) is 4.14. The third kappa shape index (κ3) is 2.96. The van der Waals surface area contributed by atoms with E-state index in [1.165, 1.54) is 6.42 Å². The van der Waals surface area contributed by atoms with E-state index in [1.54, 1.807) is 6.20 Å². The van der Waals surface area contributed by atoms with Gasteiger partial charge in [-0.1, -0.05) is 0 Å². The topological polar surface area (TPSA) is 58.4 Å². The fourth-order valence-electron chi connectivity index (χ4n) is 3.02. The van der Waals surface area contributed by atoms with Gasteiger partial charge in [0, 0.05) is 24.7 Å². The summed E-state index contributed by atoms with van der Waals surface area (Å²) >= 11 is 0. The average Bonchev–Trinajstić information content (AvgIpc) is 2.75. The van der Waals surface area contributed by atoms with E-state index in [0.29, 0.717) is 5.56 Å². The second kappa shape index (κ2) is 5.81. The Labute approximate surface area is 138 Å². The van der Waals surface area contributed by atoms with Crippen molar-refractivity contribution in [3.05, 3.63) is 17.8 Å². The largest absolute Gasteiger partial charge is 0.496 e. The van der Waals surface area contributed by atoms with E-state index in [9.17, 15) is 5.26 Å². The second-order valence-electron chi connectivity index (χ2n) is 7.39. The minimum atomic E-state index is -0.477. The van der Waals surface area contributed by atoms with Crippen LogP contribution in [0.2, 0.25) is 0 Å². The van der Waals surface area contributed by atoms with E-state index in [2.05, 4.69) is 16.0 Å². The van der Waals surface area contributed by atoms with E-state index in [0.717, 1.165) is 37.2 Å². The van der Waals surface area contributed by atoms with Crippen molar-refractivity contribution in [2.75, 3.05) is 18.0 Å². The van der Waals surface area contributed by atoms with Crippen LogP contribution in [-0.2, 0) is 9.31 Å². The summed E-state index contributed by atoms with van der Waals surface area (Å²) < 4.78 is 12.1. The number of aromatic nitrogens is 1. The van der Waals surface area contributed by atoms with Crippen LogP contribution in [0.1, 0.15) is 52.5 Å². The summed E-state index contributed by atoms with van der Waals surface area (Å²) in [7, 11) is -0.477. The summed E-state index contributed by atoms with van der Waals surface area (Å²) in [5.74, 6) is 0.785. The molecule has 2 aliphatic heterocycles. The van der Waals surface area contributed by atoms with Crippen molar-refractivity contribution < 1.29 is 9.31 Å². The van der Waals surface area contributed by atoms with E-state index >= 15 is 0 Å². The molecule has 1 aromatic heterocycles. The van der Waals surface area contributed by atoms with Crippen molar-refractivity contribution in [2.24, 2.45) is 0 Å². The molecule has 0 aliphatic carbocycles. The van der Waals surface area contributed by atoms with Gasteiger partial charge in [-0.25, -0.2) is 4.98 Å². The Morgan fingerprint density at radius 3 is 2.30 bits per heavy atom. The average molecular weight is 313 g/mol. The van der Waals surface area contributed by atoms with Gasteiger partial charge in [-0.15, -0.1) is 0 Å². The number of piperidine rings is 1. The quantitative estimate of drug-likeness (QED) is 0.784. The number of hydrogen-bond acceptors (Lipinski definition) is 5. The molecule has 2 saturated heterocycles. The molecule has 0 saturated carbocycles. The molecule has 2 fully saturated rings. The molecule has 23 heavy (non-hydrogen) atoms. The number of anilines is 1. The lowest BCUT2D eigenvalue weighted by Gasteiger charge is -2.32. The molecular formula is C17H24BN3O2. The molecule has 0 spiro atoms. The van der Waals surface area contributed by atoms with Crippen molar-refractivity contribution in [1.82, 2.24) is 4.98 Å². The van der Waals surface area contributed by atoms with Crippen LogP contribution in [0, 0.1) is 11.3 Å². The van der Waals surface area contributed by atoms with E-state index < -0.39 is 18.3 Å². The maximum absolute atomic E-state index is 9.52. The first-order valence-electron chi connectivity index (χ1n) is 8.35. The van der Waals surface area contributed by atoms with Crippen LogP contribution in [0.4, 0.5) is 5.82 Å². The van der Waals surface area contributed by atoms with Crippen molar-refractivity contribution in [3.63, 3.8) is 0 Å². The first-order chi connectivity index (χ1) is 10.8. The number of rotatable bonds is 2. The van der Waals surface area contributed by atoms with Crippen LogP contribution >= 0.6 is 0 Å². The molecule has 0 aromatic carbocycles. The molecule has 0 amide bonds. The van der Waals surface area contributed by atoms with Crippen LogP contribution in [0.25, 0.3) is 0 Å². The highest BCUT2D eigenvalue weighted by Crippen LogP contribution is 2.36. The summed E-state index contributed by atoms with van der Waals surface area (Å²) in [6.07, 6.45) is 5.36. The Morgan fingerprint density at radius 2 is 1.74 bits per heavy atom. The lowest BCUT2D eigenvalue weighted by atomic mass is 9.79. The molecule has 6 heteroatoms. The maximum Gasteiger partial charge on any atom is 0.496 e. The summed E-state index contributed by atoms with van der Waals surface area (Å²) in [4.78, 5) is 6.76. The van der Waals surface area contributed by atoms with Crippen LogP contribution in [0.3, 0.4) is 0 Å². The molecule has 2 aliphatic rings. The van der Waals surface area contributed by atoms with Crippen molar-refractivity contribution >= 4 is 18.4 Å². The fourth-order valence-corrected chi connectivity index (χ4v) is 3.02. The number of hydrogen-bond donors (Lipinski definition) is 0. The lowest BCUT2D eigenvalue weighted by Crippen LogP contribution is -2.41. The van der Waals surface area contributed by atoms with Crippen LogP contribution < -0.4 is 10.4 Å². The van der Waals surface area contributed by atoms with Crippen molar-refractivity contribution in [2.45, 2.75) is 58.2 Å². The Kier molecular flexibility index (Phi) is 4.11. The van der Waals surface area contributed by atoms with Crippen molar-refractivity contribution in [1.29, 1.82) is 5.26 Å². The molecule has 0 unspecified atom stereocenters. The van der Waals surface area contributed by atoms with Gasteiger partial charge in [-0.2, -0.15) is 5.26 Å². The Morgan fingerprint density at radius 1 is 1.13 bits per heavy atom. The van der Waals surface area contributed by atoms with Gasteiger partial charge in [0.2, 0.25) is 0 Å². The zero-order chi connectivity index (χ0) is 16.7. The van der Waals surface area contributed by atoms with Gasteiger partial charge in [-0.3, -0.25) is 0 Å². The van der Waals surface area contributed by atoms with Crippen LogP contribution in [0.5, 0.6) is 0 Å². The van der Waals surface area contributed by atoms with E-state index in [1.807, 2.05) is 33.8 Å². The Balaban J connectivity index is 1.87. The molecule has 0 N–H and O–H groups in total. The van der Waals surface area contributed by atoms with Crippen molar-refractivity contribution in [3.8, 4) is 6.07 Å². The molecule has 3 rings (SSSR count). The smallest absolute Gasteiger partial charge is 0.399 e. The fraction of sp³-hybridized carbons (Fsp3) is 0.647. The van der Waals surface area contributed by atoms with E-state index in [4.69, 9.17) is 9.31 Å². The molecule has 0 radical (unpaired) electrons. The maximum atomic E-state index is 9.52. The minimum Gasteiger partial charge on any atom is -0.399 e. The molecule has 0 atom stereocenters. The number of pyridine rings is 1. The van der Waals surface area contributed by atoms with Gasteiger partial charge in [0.05, 0.1) is 16.8 Å². The molecular weight excluding hydrogens is 289 g/mol. The van der Waals surface area contributed by atoms with Gasteiger partial charge in [0.15, 0.2) is 0 Å². The number of nitriles is 1. The lowest BCUT2D eigenvalue weighted by molar-refractivity contribution is 0.00578. The van der Waals surface area contributed by atoms with Crippen LogP contribution in [0.15, 0.2) is 12.3 Å². The zero-order valence-corrected chi connectivity index (χ0v) is 14.4. The SMILES string of the molecule is CC1(C)OB(c2cnc(N3CCCCC3)c(C#N)c2)OC1(C)C. The predicted octanol–water partition coefficient (Wildman–Crippen LogP) is 2.24. The standard InChI is InChI=1S/C17H24BN3O2/c1-16(2)17(3,4)23-18(22-16)14-10-13(11-19)15(20-12-14)21-8-6-5-7-9-21/h10,12H,5-9H2,1-4H3. The first-order valence-corrected chi connectivity index (χ1v) is 8.35. The normalized spacial score (nSPS) is 22.9. The minimum absolute atomic E-state index is 0.393. The highest BCUT2D eigenvalue weighted by molar-refractivity contribution is 6.62. The third-order valence-corrected chi connectivity index (χ3v) is 5.19. The van der Waals surface area contributed by atoms with E-state index in [-0.39, 0.29) is 0 Å². The monoisotopic (exact) mass is 313 g/mol. The van der Waals surface area contributed by atoms with Crippen LogP contribution in [-0.4, -0.2) is 36.4 Å². The highest BCUT2D eigenvalue weighted by atomic mass is 16.7. The molecule has 122 valence electrons. The number of nitrogens with zero attached hydrogens (tertiary/aromatic N) is 3. The van der Waals surface area contributed by atoms with Gasteiger partial charge in [0.25, 0.3) is 0 Å². The Bertz CT molecular complexity index is 617. The molecule has 5 nitrogen and oxygen atoms in total. The highest BCUT2D eigenvalue weighted by Gasteiger charge is 2.51. The van der Waals surface area contributed by atoms with Gasteiger partial charge < -0.3 is 14.2 Å². The Hall–Kier alpha value is -1.58. The van der Waals surface area contributed by atoms with Gasteiger partial charge >= 0.3 is 7.12 Å². The first kappa shape index (κ1) is 16.3. The second-order valence-corrected chi connectivity index (χ2v) is 7.39. The summed E-state index contributed by atoms with van der Waals surface area (Å²) in [6.45, 7) is 10.0. The van der Waals surface area contributed by atoms with Gasteiger partial charge in [-0.05, 0) is 53.0 Å². The zero-order valence-electron chi connectivity index (χ0n) is 14.4. The third-order valence-electron chi connectivity index (χ3n) is 5.19. The molecule has 0 bridgehead atoms. The summed E-state index contributed by atoms with van der Waals surface area (Å²) in [5, 5.41) is 9.52. The summed E-state index contributed by atoms with van der Waals surface area (Å²) in [5.41, 5.74) is 0.617. The van der Waals surface area contributed by atoms with Gasteiger partial charge in [0.1, 0.15) is 11.9 Å².